The van der Waals surface area contributed by atoms with E-state index < -0.39 is 0 Å². The van der Waals surface area contributed by atoms with Gasteiger partial charge in [0.2, 0.25) is 0 Å². The van der Waals surface area contributed by atoms with Crippen molar-refractivity contribution in [1.82, 2.24) is 4.90 Å². The molecule has 3 unspecified atom stereocenters. The van der Waals surface area contributed by atoms with Crippen LogP contribution in [0.25, 0.3) is 0 Å². The first-order valence-electron chi connectivity index (χ1n) is 7.91. The van der Waals surface area contributed by atoms with Crippen molar-refractivity contribution in [2.45, 2.75) is 51.0 Å². The third kappa shape index (κ3) is 3.61. The zero-order valence-electron chi connectivity index (χ0n) is 12.8. The molecule has 2 rings (SSSR count). The molecule has 0 bridgehead atoms. The van der Waals surface area contributed by atoms with Gasteiger partial charge in [0.25, 0.3) is 0 Å². The van der Waals surface area contributed by atoms with Gasteiger partial charge >= 0.3 is 0 Å². The molecule has 0 spiro atoms. The number of nitriles is 1. The van der Waals surface area contributed by atoms with Crippen LogP contribution in [0.5, 0.6) is 0 Å². The Morgan fingerprint density at radius 3 is 2.65 bits per heavy atom. The van der Waals surface area contributed by atoms with E-state index in [0.29, 0.717) is 12.0 Å². The molecule has 2 heteroatoms. The third-order valence-corrected chi connectivity index (χ3v) is 4.68. The summed E-state index contributed by atoms with van der Waals surface area (Å²) in [7, 11) is 2.19. The summed E-state index contributed by atoms with van der Waals surface area (Å²) in [5, 5.41) is 9.42. The average molecular weight is 270 g/mol. The van der Waals surface area contributed by atoms with Crippen LogP contribution in [-0.4, -0.2) is 24.5 Å². The molecule has 3 atom stereocenters. The molecule has 2 nitrogen and oxygen atoms in total. The van der Waals surface area contributed by atoms with Crippen LogP contribution in [-0.2, 0) is 0 Å². The number of nitrogens with zero attached hydrogens (tertiary/aromatic N) is 2. The van der Waals surface area contributed by atoms with Crippen molar-refractivity contribution in [1.29, 1.82) is 5.26 Å². The Labute approximate surface area is 123 Å². The van der Waals surface area contributed by atoms with Crippen molar-refractivity contribution in [2.24, 2.45) is 5.92 Å². The van der Waals surface area contributed by atoms with Crippen LogP contribution in [0.4, 0.5) is 0 Å². The van der Waals surface area contributed by atoms with E-state index in [1.54, 1.807) is 0 Å². The highest BCUT2D eigenvalue weighted by Crippen LogP contribution is 2.37. The monoisotopic (exact) mass is 270 g/mol. The Kier molecular flexibility index (Phi) is 5.61. The first-order valence-corrected chi connectivity index (χ1v) is 7.91. The maximum absolute atomic E-state index is 9.42. The number of hydrogen-bond acceptors (Lipinski definition) is 2. The molecule has 1 saturated carbocycles. The summed E-state index contributed by atoms with van der Waals surface area (Å²) >= 11 is 0. The Morgan fingerprint density at radius 1 is 1.25 bits per heavy atom. The molecule has 0 radical (unpaired) electrons. The van der Waals surface area contributed by atoms with E-state index in [9.17, 15) is 5.26 Å². The molecule has 1 fully saturated rings. The zero-order chi connectivity index (χ0) is 14.4. The van der Waals surface area contributed by atoms with Gasteiger partial charge in [0, 0.05) is 6.04 Å². The number of rotatable bonds is 5. The molecule has 0 aromatic heterocycles. The normalized spacial score (nSPS) is 26.4. The first-order chi connectivity index (χ1) is 9.76. The van der Waals surface area contributed by atoms with Crippen molar-refractivity contribution in [2.75, 3.05) is 13.6 Å². The van der Waals surface area contributed by atoms with E-state index >= 15 is 0 Å². The lowest BCUT2D eigenvalue weighted by atomic mass is 9.75. The maximum atomic E-state index is 9.42. The molecule has 1 aliphatic rings. The molecule has 0 aliphatic heterocycles. The second kappa shape index (κ2) is 7.45. The second-order valence-electron chi connectivity index (χ2n) is 6.06. The van der Waals surface area contributed by atoms with E-state index in [0.717, 1.165) is 25.8 Å². The standard InChI is InChI=1S/C18H26N2/c1-3-4-12-20(2)18-13-16(10-11-17(18)14-19)15-8-6-5-7-9-15/h5-9,16-18H,3-4,10-13H2,1-2H3. The van der Waals surface area contributed by atoms with Gasteiger partial charge < -0.3 is 4.90 Å². The molecule has 1 aromatic carbocycles. The molecule has 1 aliphatic carbocycles. The second-order valence-corrected chi connectivity index (χ2v) is 6.06. The Morgan fingerprint density at radius 2 is 2.00 bits per heavy atom. The van der Waals surface area contributed by atoms with Gasteiger partial charge in [0.05, 0.1) is 12.0 Å². The molecule has 0 saturated heterocycles. The van der Waals surface area contributed by atoms with Gasteiger partial charge in [-0.15, -0.1) is 0 Å². The predicted octanol–water partition coefficient (Wildman–Crippen LogP) is 4.19. The third-order valence-electron chi connectivity index (χ3n) is 4.68. The van der Waals surface area contributed by atoms with Crippen LogP contribution in [0, 0.1) is 17.2 Å². The fourth-order valence-electron chi connectivity index (χ4n) is 3.39. The number of unbranched alkanes of at least 4 members (excludes halogenated alkanes) is 1. The predicted molar refractivity (Wildman–Crippen MR) is 83.5 cm³/mol. The summed E-state index contributed by atoms with van der Waals surface area (Å²) in [5.74, 6) is 0.826. The van der Waals surface area contributed by atoms with Gasteiger partial charge in [-0.2, -0.15) is 5.26 Å². The van der Waals surface area contributed by atoms with Gasteiger partial charge in [0.15, 0.2) is 0 Å². The van der Waals surface area contributed by atoms with Crippen molar-refractivity contribution in [3.8, 4) is 6.07 Å². The number of benzene rings is 1. The maximum Gasteiger partial charge on any atom is 0.0672 e. The van der Waals surface area contributed by atoms with Gasteiger partial charge in [-0.25, -0.2) is 0 Å². The quantitative estimate of drug-likeness (QED) is 0.802. The van der Waals surface area contributed by atoms with Crippen molar-refractivity contribution in [3.63, 3.8) is 0 Å². The highest BCUT2D eigenvalue weighted by molar-refractivity contribution is 5.21. The molecule has 1 aromatic rings. The topological polar surface area (TPSA) is 27.0 Å². The number of hydrogen-bond donors (Lipinski definition) is 0. The SMILES string of the molecule is CCCCN(C)C1CC(c2ccccc2)CCC1C#N. The lowest BCUT2D eigenvalue weighted by Crippen LogP contribution is -2.41. The highest BCUT2D eigenvalue weighted by atomic mass is 15.1. The summed E-state index contributed by atoms with van der Waals surface area (Å²) in [6, 6.07) is 13.8. The summed E-state index contributed by atoms with van der Waals surface area (Å²) in [4.78, 5) is 2.42. The molecular weight excluding hydrogens is 244 g/mol. The van der Waals surface area contributed by atoms with Crippen molar-refractivity contribution in [3.05, 3.63) is 35.9 Å². The van der Waals surface area contributed by atoms with Crippen LogP contribution < -0.4 is 0 Å². The minimum atomic E-state index is 0.205. The summed E-state index contributed by atoms with van der Waals surface area (Å²) in [5.41, 5.74) is 1.44. The van der Waals surface area contributed by atoms with Gasteiger partial charge in [-0.1, -0.05) is 43.7 Å². The smallest absolute Gasteiger partial charge is 0.0672 e. The fourth-order valence-corrected chi connectivity index (χ4v) is 3.39. The van der Waals surface area contributed by atoms with Gasteiger partial charge in [-0.3, -0.25) is 0 Å². The summed E-state index contributed by atoms with van der Waals surface area (Å²) in [6.07, 6.45) is 5.76. The zero-order valence-corrected chi connectivity index (χ0v) is 12.8. The van der Waals surface area contributed by atoms with E-state index in [1.807, 2.05) is 0 Å². The Hall–Kier alpha value is -1.33. The van der Waals surface area contributed by atoms with E-state index in [1.165, 1.54) is 18.4 Å². The van der Waals surface area contributed by atoms with Gasteiger partial charge in [0.1, 0.15) is 0 Å². The highest BCUT2D eigenvalue weighted by Gasteiger charge is 2.33. The van der Waals surface area contributed by atoms with Crippen molar-refractivity contribution < 1.29 is 0 Å². The summed E-state index contributed by atoms with van der Waals surface area (Å²) < 4.78 is 0. The molecule has 0 heterocycles. The van der Waals surface area contributed by atoms with Crippen LogP contribution in [0.3, 0.4) is 0 Å². The minimum absolute atomic E-state index is 0.205. The van der Waals surface area contributed by atoms with Gasteiger partial charge in [-0.05, 0) is 50.8 Å². The summed E-state index contributed by atoms with van der Waals surface area (Å²) in [6.45, 7) is 3.34. The fraction of sp³-hybridized carbons (Fsp3) is 0.611. The van der Waals surface area contributed by atoms with E-state index in [4.69, 9.17) is 0 Å². The molecule has 0 N–H and O–H groups in total. The average Bonchev–Trinajstić information content (AvgIpc) is 2.52. The molecule has 108 valence electrons. The van der Waals surface area contributed by atoms with Crippen LogP contribution in [0.2, 0.25) is 0 Å². The minimum Gasteiger partial charge on any atom is -0.302 e. The van der Waals surface area contributed by atoms with E-state index in [2.05, 4.69) is 55.3 Å². The molecular formula is C18H26N2. The van der Waals surface area contributed by atoms with Crippen molar-refractivity contribution >= 4 is 0 Å². The lowest BCUT2D eigenvalue weighted by molar-refractivity contribution is 0.144. The Balaban J connectivity index is 2.05. The first kappa shape index (κ1) is 15.1. The van der Waals surface area contributed by atoms with Crippen LogP contribution in [0.15, 0.2) is 30.3 Å². The van der Waals surface area contributed by atoms with E-state index in [-0.39, 0.29) is 5.92 Å². The van der Waals surface area contributed by atoms with Crippen LogP contribution >= 0.6 is 0 Å². The lowest BCUT2D eigenvalue weighted by Gasteiger charge is -2.38. The Bertz CT molecular complexity index is 434. The molecule has 20 heavy (non-hydrogen) atoms. The van der Waals surface area contributed by atoms with Crippen LogP contribution in [0.1, 0.15) is 50.5 Å². The molecule has 0 amide bonds. The largest absolute Gasteiger partial charge is 0.302 e.